The quantitative estimate of drug-likeness (QED) is 0.791. The van der Waals surface area contributed by atoms with Crippen LogP contribution in [-0.2, 0) is 0 Å². The number of aldehydes is 1. The molecular formula is C15H13FO3. The van der Waals surface area contributed by atoms with E-state index in [9.17, 15) is 9.18 Å². The molecule has 98 valence electrons. The molecule has 0 aromatic heterocycles. The average molecular weight is 260 g/mol. The van der Waals surface area contributed by atoms with Crippen molar-refractivity contribution in [2.75, 3.05) is 14.2 Å². The van der Waals surface area contributed by atoms with Crippen LogP contribution in [-0.4, -0.2) is 20.5 Å². The zero-order valence-electron chi connectivity index (χ0n) is 10.6. The molecule has 0 bridgehead atoms. The van der Waals surface area contributed by atoms with Crippen molar-refractivity contribution in [2.24, 2.45) is 0 Å². The molecule has 0 aliphatic carbocycles. The van der Waals surface area contributed by atoms with Gasteiger partial charge in [0, 0.05) is 0 Å². The van der Waals surface area contributed by atoms with Crippen LogP contribution in [0.5, 0.6) is 11.5 Å². The minimum atomic E-state index is -0.441. The molecule has 2 aromatic rings. The number of carbonyl (C=O) groups excluding carboxylic acids is 1. The molecule has 2 aromatic carbocycles. The zero-order valence-corrected chi connectivity index (χ0v) is 10.6. The zero-order chi connectivity index (χ0) is 13.8. The summed E-state index contributed by atoms with van der Waals surface area (Å²) in [5.74, 6) is 0.240. The molecule has 0 aliphatic rings. The van der Waals surface area contributed by atoms with E-state index in [0.29, 0.717) is 23.2 Å². The maximum atomic E-state index is 13.6. The Morgan fingerprint density at radius 1 is 0.947 bits per heavy atom. The molecule has 0 fully saturated rings. The van der Waals surface area contributed by atoms with Crippen LogP contribution in [0, 0.1) is 5.82 Å². The van der Waals surface area contributed by atoms with Gasteiger partial charge in [0.15, 0.2) is 17.9 Å². The molecule has 0 spiro atoms. The monoisotopic (exact) mass is 260 g/mol. The van der Waals surface area contributed by atoms with Gasteiger partial charge in [0.05, 0.1) is 19.8 Å². The van der Waals surface area contributed by atoms with Gasteiger partial charge in [0.2, 0.25) is 0 Å². The lowest BCUT2D eigenvalue weighted by Crippen LogP contribution is -1.92. The lowest BCUT2D eigenvalue weighted by atomic mass is 10.0. The van der Waals surface area contributed by atoms with Crippen molar-refractivity contribution in [3.05, 3.63) is 47.8 Å². The molecule has 0 radical (unpaired) electrons. The van der Waals surface area contributed by atoms with Crippen molar-refractivity contribution in [1.29, 1.82) is 0 Å². The number of hydrogen-bond donors (Lipinski definition) is 0. The first-order chi connectivity index (χ1) is 9.19. The molecule has 3 nitrogen and oxygen atoms in total. The van der Waals surface area contributed by atoms with E-state index in [2.05, 4.69) is 0 Å². The fraction of sp³-hybridized carbons (Fsp3) is 0.133. The fourth-order valence-electron chi connectivity index (χ4n) is 1.85. The molecule has 19 heavy (non-hydrogen) atoms. The molecule has 0 aliphatic heterocycles. The highest BCUT2D eigenvalue weighted by molar-refractivity contribution is 5.83. The second-order valence-corrected chi connectivity index (χ2v) is 3.92. The largest absolute Gasteiger partial charge is 0.496 e. The van der Waals surface area contributed by atoms with Crippen LogP contribution in [0.3, 0.4) is 0 Å². The van der Waals surface area contributed by atoms with Crippen LogP contribution in [0.1, 0.15) is 10.4 Å². The highest BCUT2D eigenvalue weighted by Gasteiger charge is 2.08. The first-order valence-corrected chi connectivity index (χ1v) is 5.66. The predicted octanol–water partition coefficient (Wildman–Crippen LogP) is 3.32. The summed E-state index contributed by atoms with van der Waals surface area (Å²) >= 11 is 0. The number of halogens is 1. The van der Waals surface area contributed by atoms with Crippen LogP contribution in [0.4, 0.5) is 4.39 Å². The van der Waals surface area contributed by atoms with Crippen molar-refractivity contribution in [3.8, 4) is 22.6 Å². The Morgan fingerprint density at radius 3 is 2.05 bits per heavy atom. The molecule has 0 amide bonds. The summed E-state index contributed by atoms with van der Waals surface area (Å²) in [6.07, 6.45) is 0.711. The van der Waals surface area contributed by atoms with E-state index < -0.39 is 5.82 Å². The van der Waals surface area contributed by atoms with Crippen molar-refractivity contribution >= 4 is 6.29 Å². The van der Waals surface area contributed by atoms with E-state index in [1.165, 1.54) is 20.3 Å². The maximum Gasteiger partial charge on any atom is 0.165 e. The maximum absolute atomic E-state index is 13.6. The smallest absolute Gasteiger partial charge is 0.165 e. The first-order valence-electron chi connectivity index (χ1n) is 5.66. The van der Waals surface area contributed by atoms with Crippen LogP contribution in [0.25, 0.3) is 11.1 Å². The van der Waals surface area contributed by atoms with Crippen molar-refractivity contribution in [2.45, 2.75) is 0 Å². The van der Waals surface area contributed by atoms with E-state index in [1.807, 2.05) is 0 Å². The van der Waals surface area contributed by atoms with E-state index in [1.54, 1.807) is 30.3 Å². The van der Waals surface area contributed by atoms with Gasteiger partial charge in [-0.1, -0.05) is 12.1 Å². The molecule has 0 heterocycles. The summed E-state index contributed by atoms with van der Waals surface area (Å²) in [5, 5.41) is 0. The van der Waals surface area contributed by atoms with Gasteiger partial charge in [-0.3, -0.25) is 4.79 Å². The van der Waals surface area contributed by atoms with Gasteiger partial charge in [-0.2, -0.15) is 0 Å². The van der Waals surface area contributed by atoms with Gasteiger partial charge < -0.3 is 9.47 Å². The summed E-state index contributed by atoms with van der Waals surface area (Å²) in [6.45, 7) is 0. The van der Waals surface area contributed by atoms with E-state index in [4.69, 9.17) is 9.47 Å². The Balaban J connectivity index is 2.47. The van der Waals surface area contributed by atoms with Crippen molar-refractivity contribution in [1.82, 2.24) is 0 Å². The molecule has 0 atom stereocenters. The van der Waals surface area contributed by atoms with Gasteiger partial charge >= 0.3 is 0 Å². The summed E-state index contributed by atoms with van der Waals surface area (Å²) in [5.41, 5.74) is 1.84. The third-order valence-corrected chi connectivity index (χ3v) is 2.84. The van der Waals surface area contributed by atoms with Crippen molar-refractivity contribution in [3.63, 3.8) is 0 Å². The first kappa shape index (κ1) is 13.1. The molecular weight excluding hydrogens is 247 g/mol. The molecule has 4 heteroatoms. The van der Waals surface area contributed by atoms with Gasteiger partial charge in [-0.15, -0.1) is 0 Å². The number of methoxy groups -OCH3 is 2. The normalized spacial score (nSPS) is 10.1. The molecule has 0 unspecified atom stereocenters. The molecule has 0 N–H and O–H groups in total. The van der Waals surface area contributed by atoms with Crippen LogP contribution in [0.15, 0.2) is 36.4 Å². The van der Waals surface area contributed by atoms with Gasteiger partial charge in [-0.25, -0.2) is 4.39 Å². The van der Waals surface area contributed by atoms with Crippen LogP contribution in [0.2, 0.25) is 0 Å². The number of carbonyl (C=O) groups is 1. The third kappa shape index (κ3) is 2.57. The summed E-state index contributed by atoms with van der Waals surface area (Å²) in [6, 6.07) is 9.77. The number of benzene rings is 2. The Hall–Kier alpha value is -2.36. The van der Waals surface area contributed by atoms with Gasteiger partial charge in [0.1, 0.15) is 5.75 Å². The minimum absolute atomic E-state index is 0.188. The number of hydrogen-bond acceptors (Lipinski definition) is 3. The van der Waals surface area contributed by atoms with Gasteiger partial charge in [-0.05, 0) is 35.4 Å². The standard InChI is InChI=1S/C15H13FO3/c1-18-14-5-3-10(7-12(14)9-17)11-4-6-15(19-2)13(16)8-11/h3-9H,1-2H3. The van der Waals surface area contributed by atoms with Crippen LogP contribution >= 0.6 is 0 Å². The average Bonchev–Trinajstić information content (AvgIpc) is 2.46. The SMILES string of the molecule is COc1ccc(-c2ccc(OC)c(C=O)c2)cc1F. The topological polar surface area (TPSA) is 35.5 Å². The van der Waals surface area contributed by atoms with Crippen molar-refractivity contribution < 1.29 is 18.7 Å². The Bertz CT molecular complexity index is 608. The van der Waals surface area contributed by atoms with Crippen LogP contribution < -0.4 is 9.47 Å². The Morgan fingerprint density at radius 2 is 1.53 bits per heavy atom. The van der Waals surface area contributed by atoms with E-state index in [-0.39, 0.29) is 5.75 Å². The summed E-state index contributed by atoms with van der Waals surface area (Å²) < 4.78 is 23.6. The lowest BCUT2D eigenvalue weighted by molar-refractivity contribution is 0.112. The summed E-state index contributed by atoms with van der Waals surface area (Å²) in [7, 11) is 2.91. The number of rotatable bonds is 4. The third-order valence-electron chi connectivity index (χ3n) is 2.84. The highest BCUT2D eigenvalue weighted by Crippen LogP contribution is 2.28. The Kier molecular flexibility index (Phi) is 3.80. The van der Waals surface area contributed by atoms with E-state index in [0.717, 1.165) is 5.56 Å². The second kappa shape index (κ2) is 5.52. The Labute approximate surface area is 110 Å². The fourth-order valence-corrected chi connectivity index (χ4v) is 1.85. The minimum Gasteiger partial charge on any atom is -0.496 e. The lowest BCUT2D eigenvalue weighted by Gasteiger charge is -2.08. The summed E-state index contributed by atoms with van der Waals surface area (Å²) in [4.78, 5) is 11.0. The second-order valence-electron chi connectivity index (χ2n) is 3.92. The number of ether oxygens (including phenoxy) is 2. The molecule has 2 rings (SSSR count). The predicted molar refractivity (Wildman–Crippen MR) is 70.3 cm³/mol. The van der Waals surface area contributed by atoms with Gasteiger partial charge in [0.25, 0.3) is 0 Å². The highest BCUT2D eigenvalue weighted by atomic mass is 19.1. The molecule has 0 saturated carbocycles. The molecule has 0 saturated heterocycles. The van der Waals surface area contributed by atoms with E-state index >= 15 is 0 Å².